The van der Waals surface area contributed by atoms with Crippen LogP contribution in [0.25, 0.3) is 0 Å². The van der Waals surface area contributed by atoms with Crippen molar-refractivity contribution in [3.8, 4) is 0 Å². The van der Waals surface area contributed by atoms with Gasteiger partial charge < -0.3 is 0 Å². The summed E-state index contributed by atoms with van der Waals surface area (Å²) in [5.41, 5.74) is 0. The molecule has 0 amide bonds. The molecule has 8 heavy (non-hydrogen) atoms. The van der Waals surface area contributed by atoms with E-state index in [1.807, 2.05) is 0 Å². The molecule has 2 radical (unpaired) electrons. The first-order chi connectivity index (χ1) is 4.00. The van der Waals surface area contributed by atoms with Gasteiger partial charge in [-0.2, -0.15) is 0 Å². The van der Waals surface area contributed by atoms with Crippen LogP contribution < -0.4 is 0 Å². The Kier molecular flexibility index (Phi) is 4.36. The van der Waals surface area contributed by atoms with Crippen molar-refractivity contribution >= 4 is 29.9 Å². The summed E-state index contributed by atoms with van der Waals surface area (Å²) in [5.74, 6) is 0. The van der Waals surface area contributed by atoms with Crippen molar-refractivity contribution in [3.63, 3.8) is 0 Å². The van der Waals surface area contributed by atoms with E-state index in [1.165, 1.54) is 0 Å². The van der Waals surface area contributed by atoms with Gasteiger partial charge in [-0.25, -0.2) is 0 Å². The van der Waals surface area contributed by atoms with Crippen LogP contribution in [0.1, 0.15) is 12.8 Å². The van der Waals surface area contributed by atoms with E-state index in [2.05, 4.69) is 0 Å². The van der Waals surface area contributed by atoms with Crippen LogP contribution in [0, 0.1) is 0 Å². The second-order valence-electron chi connectivity index (χ2n) is 1.93. The summed E-state index contributed by atoms with van der Waals surface area (Å²) in [4.78, 5) is 0. The Morgan fingerprint density at radius 1 is 0.625 bits per heavy atom. The Balaban J connectivity index is 2.00. The molecule has 1 saturated heterocycles. The third-order valence-electron chi connectivity index (χ3n) is 1.15. The SMILES string of the molecule is C1C[Se+]CCC[Se+]C1. The Bertz CT molecular complexity index is 30.5. The summed E-state index contributed by atoms with van der Waals surface area (Å²) < 4.78 is 0. The van der Waals surface area contributed by atoms with Gasteiger partial charge in [0.25, 0.3) is 0 Å². The molecule has 1 fully saturated rings. The van der Waals surface area contributed by atoms with E-state index >= 15 is 0 Å². The van der Waals surface area contributed by atoms with Crippen LogP contribution in [0.3, 0.4) is 0 Å². The van der Waals surface area contributed by atoms with Gasteiger partial charge in [-0.05, 0) is 0 Å². The van der Waals surface area contributed by atoms with E-state index in [-0.39, 0.29) is 0 Å². The second-order valence-corrected chi connectivity index (χ2v) is 7.07. The molecule has 46 valence electrons. The summed E-state index contributed by atoms with van der Waals surface area (Å²) in [7, 11) is 0. The van der Waals surface area contributed by atoms with Crippen molar-refractivity contribution in [3.05, 3.63) is 0 Å². The van der Waals surface area contributed by atoms with Crippen molar-refractivity contribution in [2.75, 3.05) is 0 Å². The van der Waals surface area contributed by atoms with Crippen LogP contribution in [-0.4, -0.2) is 29.9 Å². The standard InChI is InChI=1S/C6H12Se2/c1-3-7-5-2-6-8-4-1/h1-6H2/q+2. The van der Waals surface area contributed by atoms with Crippen molar-refractivity contribution in [2.45, 2.75) is 34.1 Å². The maximum atomic E-state index is 1.58. The molecule has 1 rings (SSSR count). The molecule has 0 N–H and O–H groups in total. The molecule has 0 saturated carbocycles. The number of rotatable bonds is 0. The van der Waals surface area contributed by atoms with Gasteiger partial charge in [-0.1, -0.05) is 0 Å². The van der Waals surface area contributed by atoms with Crippen molar-refractivity contribution in [1.82, 2.24) is 0 Å². The summed E-state index contributed by atoms with van der Waals surface area (Å²) >= 11 is 2.08. The fourth-order valence-corrected chi connectivity index (χ4v) is 6.36. The van der Waals surface area contributed by atoms with Gasteiger partial charge in [0.1, 0.15) is 0 Å². The molecule has 1 heterocycles. The molecule has 0 bridgehead atoms. The molecular weight excluding hydrogens is 230 g/mol. The molecule has 1 aliphatic rings. The Morgan fingerprint density at radius 3 is 1.38 bits per heavy atom. The fourth-order valence-electron chi connectivity index (χ4n) is 0.730. The first-order valence-corrected chi connectivity index (χ1v) is 8.00. The molecule has 0 atom stereocenters. The van der Waals surface area contributed by atoms with Crippen LogP contribution in [0.5, 0.6) is 0 Å². The minimum atomic E-state index is 1.04. The van der Waals surface area contributed by atoms with Crippen LogP contribution in [0.15, 0.2) is 0 Å². The zero-order chi connectivity index (χ0) is 5.66. The van der Waals surface area contributed by atoms with Crippen molar-refractivity contribution in [2.24, 2.45) is 0 Å². The van der Waals surface area contributed by atoms with Crippen LogP contribution in [0.4, 0.5) is 0 Å². The van der Waals surface area contributed by atoms with Gasteiger partial charge in [0.05, 0.1) is 0 Å². The molecule has 0 aromatic rings. The topological polar surface area (TPSA) is 0 Å². The van der Waals surface area contributed by atoms with Crippen LogP contribution in [-0.2, 0) is 0 Å². The molecule has 2 heteroatoms. The van der Waals surface area contributed by atoms with Gasteiger partial charge >= 0.3 is 64.0 Å². The van der Waals surface area contributed by atoms with E-state index in [1.54, 1.807) is 34.1 Å². The summed E-state index contributed by atoms with van der Waals surface area (Å²) in [5, 5.41) is 6.31. The Labute approximate surface area is 64.1 Å². The zero-order valence-electron chi connectivity index (χ0n) is 5.06. The predicted octanol–water partition coefficient (Wildman–Crippen LogP) is 1.86. The molecule has 0 aromatic carbocycles. The number of hydrogen-bond acceptors (Lipinski definition) is 0. The van der Waals surface area contributed by atoms with Gasteiger partial charge in [-0.15, -0.1) is 0 Å². The van der Waals surface area contributed by atoms with Crippen LogP contribution >= 0.6 is 0 Å². The molecular formula is C6H12Se2+2. The average molecular weight is 242 g/mol. The molecule has 0 unspecified atom stereocenters. The number of hydrogen-bond donors (Lipinski definition) is 0. The van der Waals surface area contributed by atoms with E-state index in [9.17, 15) is 0 Å². The fraction of sp³-hybridized carbons (Fsp3) is 1.00. The van der Waals surface area contributed by atoms with Gasteiger partial charge in [0, 0.05) is 0 Å². The van der Waals surface area contributed by atoms with E-state index in [0.717, 1.165) is 29.9 Å². The van der Waals surface area contributed by atoms with Gasteiger partial charge in [0.15, 0.2) is 0 Å². The molecule has 0 aliphatic carbocycles. The second kappa shape index (κ2) is 4.88. The van der Waals surface area contributed by atoms with E-state index < -0.39 is 0 Å². The quantitative estimate of drug-likeness (QED) is 0.569. The molecule has 0 nitrogen and oxygen atoms in total. The Hall–Kier alpha value is 1.04. The first-order valence-electron chi connectivity index (χ1n) is 3.15. The van der Waals surface area contributed by atoms with Crippen LogP contribution in [0.2, 0.25) is 21.3 Å². The molecule has 0 aromatic heterocycles. The van der Waals surface area contributed by atoms with Gasteiger partial charge in [-0.3, -0.25) is 0 Å². The summed E-state index contributed by atoms with van der Waals surface area (Å²) in [6.45, 7) is 0. The summed E-state index contributed by atoms with van der Waals surface area (Å²) in [6, 6.07) is 0. The van der Waals surface area contributed by atoms with E-state index in [4.69, 9.17) is 0 Å². The normalized spacial score (nSPS) is 24.0. The Morgan fingerprint density at radius 2 is 1.00 bits per heavy atom. The average Bonchev–Trinajstić information content (AvgIpc) is 1.62. The van der Waals surface area contributed by atoms with E-state index in [0.29, 0.717) is 0 Å². The summed E-state index contributed by atoms with van der Waals surface area (Å²) in [6.07, 6.45) is 3.11. The molecule has 0 spiro atoms. The third-order valence-corrected chi connectivity index (χ3v) is 6.00. The monoisotopic (exact) mass is 244 g/mol. The van der Waals surface area contributed by atoms with Crippen molar-refractivity contribution in [1.29, 1.82) is 0 Å². The molecule has 1 aliphatic heterocycles. The van der Waals surface area contributed by atoms with Gasteiger partial charge in [0.2, 0.25) is 0 Å². The maximum absolute atomic E-state index is 1.58. The zero-order valence-corrected chi connectivity index (χ0v) is 8.49. The first kappa shape index (κ1) is 7.15. The predicted molar refractivity (Wildman–Crippen MR) is 40.0 cm³/mol. The third kappa shape index (κ3) is 3.14. The van der Waals surface area contributed by atoms with Crippen molar-refractivity contribution < 1.29 is 0 Å². The minimum absolute atomic E-state index is 1.04.